The lowest BCUT2D eigenvalue weighted by atomic mass is 9.70. The van der Waals surface area contributed by atoms with Crippen LogP contribution >= 0.6 is 0 Å². The predicted octanol–water partition coefficient (Wildman–Crippen LogP) is 17.6. The van der Waals surface area contributed by atoms with E-state index in [0.717, 1.165) is 55.5 Å². The van der Waals surface area contributed by atoms with Gasteiger partial charge < -0.3 is 9.32 Å². The highest BCUT2D eigenvalue weighted by Gasteiger charge is 2.51. The number of para-hydroxylation sites is 1. The molecule has 2 aliphatic rings. The summed E-state index contributed by atoms with van der Waals surface area (Å²) in [7, 11) is 0. The fourth-order valence-corrected chi connectivity index (χ4v) is 11.5. The van der Waals surface area contributed by atoms with Crippen molar-refractivity contribution in [3.05, 3.63) is 271 Å². The maximum Gasteiger partial charge on any atom is 0.143 e. The minimum absolute atomic E-state index is 0.467. The monoisotopic (exact) mass is 851 g/mol. The number of benzene rings is 11. The molecule has 0 saturated heterocycles. The van der Waals surface area contributed by atoms with Crippen LogP contribution in [0.5, 0.6) is 0 Å². The highest BCUT2D eigenvalue weighted by atomic mass is 16.3. The molecule has 2 aliphatic carbocycles. The lowest BCUT2D eigenvalue weighted by molar-refractivity contribution is 0.672. The number of fused-ring (bicyclic) bond motifs is 15. The van der Waals surface area contributed by atoms with Gasteiger partial charge in [0.1, 0.15) is 11.2 Å². The topological polar surface area (TPSA) is 16.4 Å². The molecule has 0 unspecified atom stereocenters. The summed E-state index contributed by atoms with van der Waals surface area (Å²) in [5.74, 6) is 0. The molecule has 1 heterocycles. The van der Waals surface area contributed by atoms with Gasteiger partial charge in [0, 0.05) is 33.1 Å². The van der Waals surface area contributed by atoms with E-state index in [9.17, 15) is 0 Å². The SMILES string of the molecule is c1ccc(-c2cccc(-c3ccc(N(c4ccc5c(c4)C4(c6ccccc6-c6ccccc64)c4ccccc4-5)c4ccccc4-c4ccc5oc6c7ccccc7ccc6c5c4)cc3)c2)cc1. The summed E-state index contributed by atoms with van der Waals surface area (Å²) >= 11 is 0. The molecule has 0 radical (unpaired) electrons. The molecular formula is C65H41NO. The summed E-state index contributed by atoms with van der Waals surface area (Å²) in [4.78, 5) is 2.47. The molecule has 0 amide bonds. The molecular weight excluding hydrogens is 811 g/mol. The van der Waals surface area contributed by atoms with E-state index in [1.807, 2.05) is 0 Å². The number of nitrogens with zero attached hydrogens (tertiary/aromatic N) is 1. The van der Waals surface area contributed by atoms with Gasteiger partial charge in [0.2, 0.25) is 0 Å². The normalized spacial score (nSPS) is 12.9. The van der Waals surface area contributed by atoms with Crippen molar-refractivity contribution >= 4 is 49.8 Å². The van der Waals surface area contributed by atoms with E-state index >= 15 is 0 Å². The van der Waals surface area contributed by atoms with E-state index in [0.29, 0.717) is 0 Å². The first-order chi connectivity index (χ1) is 33.2. The summed E-state index contributed by atoms with van der Waals surface area (Å²) in [5, 5.41) is 4.53. The Labute approximate surface area is 389 Å². The van der Waals surface area contributed by atoms with E-state index in [-0.39, 0.29) is 0 Å². The van der Waals surface area contributed by atoms with Gasteiger partial charge in [-0.2, -0.15) is 0 Å². The van der Waals surface area contributed by atoms with Crippen LogP contribution in [0.15, 0.2) is 253 Å². The third-order valence-electron chi connectivity index (χ3n) is 14.5. The van der Waals surface area contributed by atoms with Crippen molar-refractivity contribution < 1.29 is 4.42 Å². The molecule has 2 heteroatoms. The van der Waals surface area contributed by atoms with Crippen LogP contribution in [0.4, 0.5) is 17.1 Å². The Bertz CT molecular complexity index is 3870. The third-order valence-corrected chi connectivity index (χ3v) is 14.5. The van der Waals surface area contributed by atoms with E-state index < -0.39 is 5.41 Å². The molecule has 0 saturated carbocycles. The van der Waals surface area contributed by atoms with Gasteiger partial charge in [-0.15, -0.1) is 0 Å². The fourth-order valence-electron chi connectivity index (χ4n) is 11.5. The molecule has 1 spiro atoms. The Morgan fingerprint density at radius 2 is 0.851 bits per heavy atom. The number of furan rings is 1. The van der Waals surface area contributed by atoms with Crippen LogP contribution in [0.2, 0.25) is 0 Å². The molecule has 0 fully saturated rings. The zero-order chi connectivity index (χ0) is 44.1. The Balaban J connectivity index is 0.976. The largest absolute Gasteiger partial charge is 0.455 e. The fraction of sp³-hybridized carbons (Fsp3) is 0.0154. The smallest absolute Gasteiger partial charge is 0.143 e. The van der Waals surface area contributed by atoms with E-state index in [2.05, 4.69) is 254 Å². The highest BCUT2D eigenvalue weighted by Crippen LogP contribution is 2.63. The Morgan fingerprint density at radius 1 is 0.299 bits per heavy atom. The van der Waals surface area contributed by atoms with Gasteiger partial charge >= 0.3 is 0 Å². The summed E-state index contributed by atoms with van der Waals surface area (Å²) < 4.78 is 6.61. The van der Waals surface area contributed by atoms with Crippen LogP contribution in [0.25, 0.3) is 88.3 Å². The molecule has 0 atom stereocenters. The Kier molecular flexibility index (Phi) is 8.23. The average molecular weight is 852 g/mol. The van der Waals surface area contributed by atoms with Crippen LogP contribution in [-0.4, -0.2) is 0 Å². The molecule has 14 rings (SSSR count). The summed E-state index contributed by atoms with van der Waals surface area (Å²) in [6, 6.07) is 91.4. The van der Waals surface area contributed by atoms with Crippen LogP contribution in [0.3, 0.4) is 0 Å². The first-order valence-corrected chi connectivity index (χ1v) is 23.2. The first kappa shape index (κ1) is 37.6. The number of hydrogen-bond donors (Lipinski definition) is 0. The Morgan fingerprint density at radius 3 is 1.57 bits per heavy atom. The summed E-state index contributed by atoms with van der Waals surface area (Å²) in [6.07, 6.45) is 0. The van der Waals surface area contributed by atoms with Crippen molar-refractivity contribution in [3.63, 3.8) is 0 Å². The van der Waals surface area contributed by atoms with E-state index in [1.54, 1.807) is 0 Å². The van der Waals surface area contributed by atoms with Gasteiger partial charge in [0.25, 0.3) is 0 Å². The minimum atomic E-state index is -0.467. The second-order valence-electron chi connectivity index (χ2n) is 17.9. The van der Waals surface area contributed by atoms with Gasteiger partial charge in [0.05, 0.1) is 11.1 Å². The van der Waals surface area contributed by atoms with Gasteiger partial charge in [-0.25, -0.2) is 0 Å². The van der Waals surface area contributed by atoms with Crippen LogP contribution < -0.4 is 4.90 Å². The van der Waals surface area contributed by atoms with Crippen molar-refractivity contribution in [2.45, 2.75) is 5.41 Å². The zero-order valence-corrected chi connectivity index (χ0v) is 36.5. The molecule has 12 aromatic rings. The van der Waals surface area contributed by atoms with Crippen molar-refractivity contribution in [3.8, 4) is 55.6 Å². The van der Waals surface area contributed by atoms with Crippen LogP contribution in [0, 0.1) is 0 Å². The van der Waals surface area contributed by atoms with E-state index in [4.69, 9.17) is 4.42 Å². The van der Waals surface area contributed by atoms with Crippen LogP contribution in [0.1, 0.15) is 22.3 Å². The second kappa shape index (κ2) is 14.7. The molecule has 1 aromatic heterocycles. The molecule has 0 N–H and O–H groups in total. The average Bonchev–Trinajstić information content (AvgIpc) is 4.03. The number of hydrogen-bond acceptors (Lipinski definition) is 2. The Hall–Kier alpha value is -8.72. The maximum absolute atomic E-state index is 6.61. The van der Waals surface area contributed by atoms with Gasteiger partial charge in [0.15, 0.2) is 0 Å². The molecule has 2 nitrogen and oxygen atoms in total. The second-order valence-corrected chi connectivity index (χ2v) is 17.9. The number of rotatable bonds is 6. The lowest BCUT2D eigenvalue weighted by Gasteiger charge is -2.32. The lowest BCUT2D eigenvalue weighted by Crippen LogP contribution is -2.26. The molecule has 312 valence electrons. The van der Waals surface area contributed by atoms with Crippen molar-refractivity contribution in [2.24, 2.45) is 0 Å². The van der Waals surface area contributed by atoms with Crippen LogP contribution in [-0.2, 0) is 5.41 Å². The quantitative estimate of drug-likeness (QED) is 0.166. The molecule has 0 bridgehead atoms. The standard InChI is InChI=1S/C65H41NO/c1-2-15-42(16-3-1)45-18-14-19-46(39-45)43-29-33-48(34-30-43)66(62-28-13-9-20-50(62)47-32-38-63-57(40-47)56-36-31-44-17-4-5-21-51(44)64(56)67-63)49-35-37-55-54-24-8-12-27-60(54)65(61(55)41-49)58-25-10-6-22-52(58)53-23-7-11-26-59(53)65/h1-41H. The highest BCUT2D eigenvalue weighted by molar-refractivity contribution is 6.15. The molecule has 67 heavy (non-hydrogen) atoms. The maximum atomic E-state index is 6.61. The van der Waals surface area contributed by atoms with Crippen molar-refractivity contribution in [1.29, 1.82) is 0 Å². The molecule has 11 aromatic carbocycles. The van der Waals surface area contributed by atoms with Crippen molar-refractivity contribution in [2.75, 3.05) is 4.90 Å². The number of anilines is 3. The molecule has 0 aliphatic heterocycles. The van der Waals surface area contributed by atoms with Gasteiger partial charge in [-0.1, -0.05) is 194 Å². The first-order valence-electron chi connectivity index (χ1n) is 23.2. The summed E-state index contributed by atoms with van der Waals surface area (Å²) in [6.45, 7) is 0. The predicted molar refractivity (Wildman–Crippen MR) is 279 cm³/mol. The van der Waals surface area contributed by atoms with Gasteiger partial charge in [-0.3, -0.25) is 0 Å². The van der Waals surface area contributed by atoms with Crippen molar-refractivity contribution in [1.82, 2.24) is 0 Å². The minimum Gasteiger partial charge on any atom is -0.455 e. The zero-order valence-electron chi connectivity index (χ0n) is 36.5. The van der Waals surface area contributed by atoms with E-state index in [1.165, 1.54) is 72.1 Å². The van der Waals surface area contributed by atoms with Gasteiger partial charge in [-0.05, 0) is 132 Å². The third kappa shape index (κ3) is 5.57. The summed E-state index contributed by atoms with van der Waals surface area (Å²) in [5.41, 5.74) is 22.1.